The summed E-state index contributed by atoms with van der Waals surface area (Å²) in [6.45, 7) is -1.90. The fourth-order valence-corrected chi connectivity index (χ4v) is 1.40. The van der Waals surface area contributed by atoms with Crippen LogP contribution in [0.15, 0.2) is 18.2 Å². The smallest absolute Gasteiger partial charge is 0.387 e. The molecule has 0 aliphatic carbocycles. The summed E-state index contributed by atoms with van der Waals surface area (Å²) in [5.74, 6) is -2.60. The van der Waals surface area contributed by atoms with Gasteiger partial charge in [0.15, 0.2) is 11.5 Å². The Morgan fingerprint density at radius 1 is 1.35 bits per heavy atom. The summed E-state index contributed by atoms with van der Waals surface area (Å²) in [5, 5.41) is 10.8. The highest BCUT2D eigenvalue weighted by Gasteiger charge is 2.22. The molecule has 0 aliphatic rings. The topological polar surface area (TPSA) is 84.9 Å². The number of hydrogen-bond acceptors (Lipinski definition) is 4. The Kier molecular flexibility index (Phi) is 5.24. The molecule has 0 heterocycles. The second-order valence-electron chi connectivity index (χ2n) is 3.75. The van der Waals surface area contributed by atoms with E-state index in [4.69, 9.17) is 9.84 Å². The SMILES string of the molecule is COc1cccc(C(=O)N[C@H](C)C(=O)O)c1OC(F)F. The van der Waals surface area contributed by atoms with E-state index < -0.39 is 30.3 Å². The maximum Gasteiger partial charge on any atom is 0.387 e. The van der Waals surface area contributed by atoms with Gasteiger partial charge in [0.2, 0.25) is 0 Å². The lowest BCUT2D eigenvalue weighted by atomic mass is 10.1. The van der Waals surface area contributed by atoms with Crippen LogP contribution in [-0.4, -0.2) is 36.7 Å². The van der Waals surface area contributed by atoms with Gasteiger partial charge in [-0.1, -0.05) is 6.07 Å². The lowest BCUT2D eigenvalue weighted by Crippen LogP contribution is -2.38. The number of halogens is 2. The summed E-state index contributed by atoms with van der Waals surface area (Å²) < 4.78 is 33.8. The predicted octanol–water partition coefficient (Wildman–Crippen LogP) is 1.50. The maximum atomic E-state index is 12.4. The van der Waals surface area contributed by atoms with E-state index in [9.17, 15) is 18.4 Å². The van der Waals surface area contributed by atoms with Gasteiger partial charge in [-0.15, -0.1) is 0 Å². The monoisotopic (exact) mass is 289 g/mol. The van der Waals surface area contributed by atoms with E-state index in [1.54, 1.807) is 0 Å². The summed E-state index contributed by atoms with van der Waals surface area (Å²) in [4.78, 5) is 22.5. The first-order valence-electron chi connectivity index (χ1n) is 5.52. The van der Waals surface area contributed by atoms with Crippen molar-refractivity contribution < 1.29 is 33.0 Å². The molecule has 110 valence electrons. The molecule has 0 aliphatic heterocycles. The lowest BCUT2D eigenvalue weighted by molar-refractivity contribution is -0.138. The summed E-state index contributed by atoms with van der Waals surface area (Å²) in [6.07, 6.45) is 0. The molecule has 0 radical (unpaired) electrons. The lowest BCUT2D eigenvalue weighted by Gasteiger charge is -2.15. The molecule has 0 saturated heterocycles. The van der Waals surface area contributed by atoms with Gasteiger partial charge in [-0.3, -0.25) is 9.59 Å². The normalized spacial score (nSPS) is 11.8. The Morgan fingerprint density at radius 2 is 2.00 bits per heavy atom. The van der Waals surface area contributed by atoms with Crippen LogP contribution in [0.4, 0.5) is 8.78 Å². The third-order valence-corrected chi connectivity index (χ3v) is 2.37. The van der Waals surface area contributed by atoms with Gasteiger partial charge in [0.25, 0.3) is 5.91 Å². The molecule has 2 N–H and O–H groups in total. The summed E-state index contributed by atoms with van der Waals surface area (Å²) in [5.41, 5.74) is -0.238. The number of nitrogens with one attached hydrogen (secondary N) is 1. The minimum absolute atomic E-state index is 0.0547. The molecule has 0 fully saturated rings. The van der Waals surface area contributed by atoms with Gasteiger partial charge in [-0.2, -0.15) is 8.78 Å². The molecule has 1 rings (SSSR count). The maximum absolute atomic E-state index is 12.4. The van der Waals surface area contributed by atoms with E-state index in [-0.39, 0.29) is 11.3 Å². The van der Waals surface area contributed by atoms with Gasteiger partial charge in [-0.05, 0) is 19.1 Å². The number of hydrogen-bond donors (Lipinski definition) is 2. The average molecular weight is 289 g/mol. The van der Waals surface area contributed by atoms with Gasteiger partial charge in [0.05, 0.1) is 12.7 Å². The zero-order chi connectivity index (χ0) is 15.3. The fraction of sp³-hybridized carbons (Fsp3) is 0.333. The van der Waals surface area contributed by atoms with Gasteiger partial charge < -0.3 is 19.9 Å². The molecular weight excluding hydrogens is 276 g/mol. The van der Waals surface area contributed by atoms with Crippen LogP contribution in [0.1, 0.15) is 17.3 Å². The highest BCUT2D eigenvalue weighted by molar-refractivity contribution is 5.99. The number of ether oxygens (including phenoxy) is 2. The van der Waals surface area contributed by atoms with E-state index in [0.717, 1.165) is 0 Å². The van der Waals surface area contributed by atoms with Crippen molar-refractivity contribution in [3.63, 3.8) is 0 Å². The number of carboxylic acids is 1. The van der Waals surface area contributed by atoms with Crippen molar-refractivity contribution >= 4 is 11.9 Å². The molecule has 20 heavy (non-hydrogen) atoms. The quantitative estimate of drug-likeness (QED) is 0.829. The van der Waals surface area contributed by atoms with E-state index >= 15 is 0 Å². The largest absolute Gasteiger partial charge is 0.493 e. The molecule has 1 amide bonds. The Hall–Kier alpha value is -2.38. The number of rotatable bonds is 6. The number of carbonyl (C=O) groups is 2. The highest BCUT2D eigenvalue weighted by Crippen LogP contribution is 2.32. The standard InChI is InChI=1S/C12H13F2NO5/c1-6(11(17)18)15-10(16)7-4-3-5-8(19-2)9(7)20-12(13)14/h3-6,12H,1-2H3,(H,15,16)(H,17,18)/t6-/m1/s1. The first-order chi connectivity index (χ1) is 9.36. The minimum Gasteiger partial charge on any atom is -0.493 e. The molecule has 6 nitrogen and oxygen atoms in total. The Labute approximate surface area is 113 Å². The van der Waals surface area contributed by atoms with Crippen LogP contribution in [0.25, 0.3) is 0 Å². The second kappa shape index (κ2) is 6.69. The molecule has 1 atom stereocenters. The first kappa shape index (κ1) is 15.7. The molecular formula is C12H13F2NO5. The van der Waals surface area contributed by atoms with E-state index in [1.807, 2.05) is 0 Å². The fourth-order valence-electron chi connectivity index (χ4n) is 1.40. The van der Waals surface area contributed by atoms with Gasteiger partial charge in [-0.25, -0.2) is 0 Å². The van der Waals surface area contributed by atoms with Crippen molar-refractivity contribution in [1.82, 2.24) is 5.32 Å². The second-order valence-corrected chi connectivity index (χ2v) is 3.75. The van der Waals surface area contributed by atoms with Crippen molar-refractivity contribution in [2.24, 2.45) is 0 Å². The van der Waals surface area contributed by atoms with Crippen LogP contribution in [0.2, 0.25) is 0 Å². The number of alkyl halides is 2. The molecule has 0 unspecified atom stereocenters. The number of carboxylic acid groups (broad SMARTS) is 1. The number of carbonyl (C=O) groups excluding carboxylic acids is 1. The molecule has 8 heteroatoms. The minimum atomic E-state index is -3.14. The van der Waals surface area contributed by atoms with Crippen LogP contribution in [0.5, 0.6) is 11.5 Å². The van der Waals surface area contributed by atoms with Crippen LogP contribution in [0, 0.1) is 0 Å². The highest BCUT2D eigenvalue weighted by atomic mass is 19.3. The van der Waals surface area contributed by atoms with Crippen LogP contribution >= 0.6 is 0 Å². The Morgan fingerprint density at radius 3 is 2.50 bits per heavy atom. The predicted molar refractivity (Wildman–Crippen MR) is 64.2 cm³/mol. The summed E-state index contributed by atoms with van der Waals surface area (Å²) in [6, 6.07) is 2.80. The summed E-state index contributed by atoms with van der Waals surface area (Å²) >= 11 is 0. The van der Waals surface area contributed by atoms with Crippen molar-refractivity contribution in [3.05, 3.63) is 23.8 Å². The van der Waals surface area contributed by atoms with Gasteiger partial charge >= 0.3 is 12.6 Å². The third-order valence-electron chi connectivity index (χ3n) is 2.37. The molecule has 1 aromatic rings. The van der Waals surface area contributed by atoms with Crippen LogP contribution in [0.3, 0.4) is 0 Å². The van der Waals surface area contributed by atoms with Gasteiger partial charge in [0.1, 0.15) is 6.04 Å². The number of methoxy groups -OCH3 is 1. The number of amides is 1. The van der Waals surface area contributed by atoms with Crippen molar-refractivity contribution in [2.45, 2.75) is 19.6 Å². The summed E-state index contributed by atoms with van der Waals surface area (Å²) in [7, 11) is 1.23. The Balaban J connectivity index is 3.09. The number of para-hydroxylation sites is 1. The van der Waals surface area contributed by atoms with Gasteiger partial charge in [0, 0.05) is 0 Å². The average Bonchev–Trinajstić information content (AvgIpc) is 2.37. The molecule has 0 aromatic heterocycles. The van der Waals surface area contributed by atoms with E-state index in [2.05, 4.69) is 10.1 Å². The Bertz CT molecular complexity index is 507. The molecule has 1 aromatic carbocycles. The zero-order valence-electron chi connectivity index (χ0n) is 10.7. The van der Waals surface area contributed by atoms with Crippen LogP contribution in [-0.2, 0) is 4.79 Å². The van der Waals surface area contributed by atoms with Crippen LogP contribution < -0.4 is 14.8 Å². The third kappa shape index (κ3) is 3.81. The first-order valence-corrected chi connectivity index (χ1v) is 5.52. The molecule has 0 spiro atoms. The number of benzene rings is 1. The van der Waals surface area contributed by atoms with Crippen molar-refractivity contribution in [2.75, 3.05) is 7.11 Å². The molecule has 0 saturated carbocycles. The molecule has 0 bridgehead atoms. The van der Waals surface area contributed by atoms with Crippen molar-refractivity contribution in [1.29, 1.82) is 0 Å². The number of aliphatic carboxylic acids is 1. The van der Waals surface area contributed by atoms with E-state index in [1.165, 1.54) is 32.2 Å². The van der Waals surface area contributed by atoms with E-state index in [0.29, 0.717) is 0 Å². The van der Waals surface area contributed by atoms with Crippen molar-refractivity contribution in [3.8, 4) is 11.5 Å². The zero-order valence-corrected chi connectivity index (χ0v) is 10.7.